The summed E-state index contributed by atoms with van der Waals surface area (Å²) in [6, 6.07) is 7.82. The number of imidazole rings is 1. The van der Waals surface area contributed by atoms with Crippen LogP contribution in [0.4, 0.5) is 0 Å². The molecule has 0 spiro atoms. The molecule has 1 saturated heterocycles. The van der Waals surface area contributed by atoms with Crippen molar-refractivity contribution in [1.29, 1.82) is 0 Å². The zero-order valence-corrected chi connectivity index (χ0v) is 13.3. The Bertz CT molecular complexity index is 641. The lowest BCUT2D eigenvalue weighted by molar-refractivity contribution is 0.0696. The molecule has 6 heteroatoms. The zero-order valence-electron chi connectivity index (χ0n) is 11.7. The molecular formula is C15H16ClN3OS. The van der Waals surface area contributed by atoms with Gasteiger partial charge < -0.3 is 9.47 Å². The van der Waals surface area contributed by atoms with Gasteiger partial charge in [0.15, 0.2) is 0 Å². The number of hydrogen-bond donors (Lipinski definition) is 0. The largest absolute Gasteiger partial charge is 0.340 e. The molecular weight excluding hydrogens is 306 g/mol. The van der Waals surface area contributed by atoms with Crippen molar-refractivity contribution in [2.45, 2.75) is 6.04 Å². The van der Waals surface area contributed by atoms with Crippen molar-refractivity contribution in [1.82, 2.24) is 14.5 Å². The van der Waals surface area contributed by atoms with Crippen molar-refractivity contribution < 1.29 is 4.79 Å². The molecule has 110 valence electrons. The van der Waals surface area contributed by atoms with Crippen LogP contribution in [0.1, 0.15) is 22.1 Å². The van der Waals surface area contributed by atoms with Crippen LogP contribution in [0.25, 0.3) is 0 Å². The van der Waals surface area contributed by atoms with Crippen molar-refractivity contribution in [3.05, 3.63) is 53.1 Å². The quantitative estimate of drug-likeness (QED) is 0.853. The fourth-order valence-electron chi connectivity index (χ4n) is 2.48. The number of halogens is 1. The molecule has 4 nitrogen and oxygen atoms in total. The Balaban J connectivity index is 1.87. The maximum atomic E-state index is 12.7. The first-order valence-corrected chi connectivity index (χ1v) is 8.30. The second-order valence-electron chi connectivity index (χ2n) is 5.07. The highest BCUT2D eigenvalue weighted by Crippen LogP contribution is 2.31. The number of hydrogen-bond acceptors (Lipinski definition) is 3. The number of carbonyl (C=O) groups is 1. The molecule has 1 aliphatic heterocycles. The average molecular weight is 322 g/mol. The molecule has 1 aliphatic rings. The molecule has 1 aromatic carbocycles. The Kier molecular flexibility index (Phi) is 4.22. The van der Waals surface area contributed by atoms with Crippen molar-refractivity contribution >= 4 is 29.3 Å². The summed E-state index contributed by atoms with van der Waals surface area (Å²) in [5.41, 5.74) is 1.62. The van der Waals surface area contributed by atoms with Gasteiger partial charge in [0, 0.05) is 36.3 Å². The molecule has 3 rings (SSSR count). The van der Waals surface area contributed by atoms with Crippen LogP contribution in [0.5, 0.6) is 0 Å². The van der Waals surface area contributed by atoms with E-state index in [1.54, 1.807) is 17.1 Å². The van der Waals surface area contributed by atoms with E-state index in [0.717, 1.165) is 23.6 Å². The van der Waals surface area contributed by atoms with E-state index in [1.165, 1.54) is 0 Å². The number of aryl methyl sites for hydroxylation is 1. The molecule has 1 fully saturated rings. The fourth-order valence-corrected chi connectivity index (χ4v) is 3.69. The average Bonchev–Trinajstić information content (AvgIpc) is 2.94. The van der Waals surface area contributed by atoms with Crippen molar-refractivity contribution in [2.24, 2.45) is 7.05 Å². The molecule has 1 atom stereocenters. The van der Waals surface area contributed by atoms with Crippen LogP contribution in [0.2, 0.25) is 5.02 Å². The minimum Gasteiger partial charge on any atom is -0.340 e. The molecule has 0 radical (unpaired) electrons. The second-order valence-corrected chi connectivity index (χ2v) is 6.65. The van der Waals surface area contributed by atoms with Crippen LogP contribution in [0.15, 0.2) is 36.8 Å². The summed E-state index contributed by atoms with van der Waals surface area (Å²) in [5, 5.41) is 0.713. The van der Waals surface area contributed by atoms with E-state index in [9.17, 15) is 4.79 Å². The first-order valence-electron chi connectivity index (χ1n) is 6.77. The van der Waals surface area contributed by atoms with Crippen LogP contribution in [-0.4, -0.2) is 38.4 Å². The minimum absolute atomic E-state index is 0.00384. The topological polar surface area (TPSA) is 38.1 Å². The lowest BCUT2D eigenvalue weighted by Gasteiger charge is -2.35. The number of nitrogens with zero attached hydrogens (tertiary/aromatic N) is 3. The van der Waals surface area contributed by atoms with E-state index in [-0.39, 0.29) is 11.9 Å². The molecule has 2 heterocycles. The predicted octanol–water partition coefficient (Wildman–Crippen LogP) is 3.00. The highest BCUT2D eigenvalue weighted by molar-refractivity contribution is 7.99. The SMILES string of the molecule is Cn1cnc(C(=O)N2CCSC[C@H]2c2ccc(Cl)cc2)c1. The van der Waals surface area contributed by atoms with Crippen LogP contribution in [0, 0.1) is 0 Å². The summed E-state index contributed by atoms with van der Waals surface area (Å²) in [5.74, 6) is 1.86. The van der Waals surface area contributed by atoms with Crippen molar-refractivity contribution in [2.75, 3.05) is 18.1 Å². The van der Waals surface area contributed by atoms with Gasteiger partial charge in [0.2, 0.25) is 0 Å². The molecule has 0 unspecified atom stereocenters. The maximum absolute atomic E-state index is 12.7. The first kappa shape index (κ1) is 14.5. The molecule has 21 heavy (non-hydrogen) atoms. The summed E-state index contributed by atoms with van der Waals surface area (Å²) >= 11 is 7.82. The van der Waals surface area contributed by atoms with Gasteiger partial charge in [-0.2, -0.15) is 11.8 Å². The summed E-state index contributed by atoms with van der Waals surface area (Å²) in [6.07, 6.45) is 3.42. The maximum Gasteiger partial charge on any atom is 0.274 e. The van der Waals surface area contributed by atoms with Crippen LogP contribution < -0.4 is 0 Å². The standard InChI is InChI=1S/C15H16ClN3OS/c1-18-8-13(17-10-18)15(20)19-6-7-21-9-14(19)11-2-4-12(16)5-3-11/h2-5,8,10,14H,6-7,9H2,1H3/t14-/m0/s1. The van der Waals surface area contributed by atoms with Gasteiger partial charge in [-0.05, 0) is 17.7 Å². The Hall–Kier alpha value is -1.46. The van der Waals surface area contributed by atoms with Crippen LogP contribution in [-0.2, 0) is 7.05 Å². The van der Waals surface area contributed by atoms with Gasteiger partial charge in [-0.15, -0.1) is 0 Å². The van der Waals surface area contributed by atoms with Gasteiger partial charge in [0.05, 0.1) is 12.4 Å². The molecule has 1 aromatic heterocycles. The van der Waals surface area contributed by atoms with E-state index >= 15 is 0 Å². The minimum atomic E-state index is -0.00384. The Morgan fingerprint density at radius 1 is 1.38 bits per heavy atom. The summed E-state index contributed by atoms with van der Waals surface area (Å²) in [4.78, 5) is 18.8. The van der Waals surface area contributed by atoms with Crippen molar-refractivity contribution in [3.63, 3.8) is 0 Å². The van der Waals surface area contributed by atoms with Gasteiger partial charge >= 0.3 is 0 Å². The van der Waals surface area contributed by atoms with Gasteiger partial charge in [-0.3, -0.25) is 4.79 Å². The normalized spacial score (nSPS) is 18.8. The molecule has 0 N–H and O–H groups in total. The van der Waals surface area contributed by atoms with Gasteiger partial charge in [-0.1, -0.05) is 23.7 Å². The number of amides is 1. The van der Waals surface area contributed by atoms with E-state index in [4.69, 9.17) is 11.6 Å². The smallest absolute Gasteiger partial charge is 0.274 e. The van der Waals surface area contributed by atoms with Gasteiger partial charge in [-0.25, -0.2) is 4.98 Å². The number of carbonyl (C=O) groups excluding carboxylic acids is 1. The zero-order chi connectivity index (χ0) is 14.8. The van der Waals surface area contributed by atoms with E-state index in [0.29, 0.717) is 10.7 Å². The third kappa shape index (κ3) is 3.09. The van der Waals surface area contributed by atoms with E-state index in [1.807, 2.05) is 48.0 Å². The third-order valence-electron chi connectivity index (χ3n) is 3.57. The number of rotatable bonds is 2. The Labute approximate surface area is 133 Å². The molecule has 0 bridgehead atoms. The lowest BCUT2D eigenvalue weighted by Crippen LogP contribution is -2.40. The Morgan fingerprint density at radius 2 is 2.14 bits per heavy atom. The highest BCUT2D eigenvalue weighted by atomic mass is 35.5. The van der Waals surface area contributed by atoms with E-state index in [2.05, 4.69) is 4.98 Å². The summed E-state index contributed by atoms with van der Waals surface area (Å²) in [6.45, 7) is 0.743. The number of benzene rings is 1. The number of aromatic nitrogens is 2. The van der Waals surface area contributed by atoms with E-state index < -0.39 is 0 Å². The van der Waals surface area contributed by atoms with Gasteiger partial charge in [0.1, 0.15) is 5.69 Å². The van der Waals surface area contributed by atoms with Crippen LogP contribution >= 0.6 is 23.4 Å². The highest BCUT2D eigenvalue weighted by Gasteiger charge is 2.29. The predicted molar refractivity (Wildman–Crippen MR) is 85.8 cm³/mol. The monoisotopic (exact) mass is 321 g/mol. The summed E-state index contributed by atoms with van der Waals surface area (Å²) < 4.78 is 1.79. The lowest BCUT2D eigenvalue weighted by atomic mass is 10.1. The fraction of sp³-hybridized carbons (Fsp3) is 0.333. The van der Waals surface area contributed by atoms with Crippen LogP contribution in [0.3, 0.4) is 0 Å². The summed E-state index contributed by atoms with van der Waals surface area (Å²) in [7, 11) is 1.87. The molecule has 1 amide bonds. The van der Waals surface area contributed by atoms with Crippen molar-refractivity contribution in [3.8, 4) is 0 Å². The second kappa shape index (κ2) is 6.12. The molecule has 0 saturated carbocycles. The first-order chi connectivity index (χ1) is 10.1. The third-order valence-corrected chi connectivity index (χ3v) is 4.84. The Morgan fingerprint density at radius 3 is 2.81 bits per heavy atom. The van der Waals surface area contributed by atoms with Gasteiger partial charge in [0.25, 0.3) is 5.91 Å². The molecule has 2 aromatic rings. The number of thioether (sulfide) groups is 1. The molecule has 0 aliphatic carbocycles.